The first-order valence-electron chi connectivity index (χ1n) is 14.4. The Morgan fingerprint density at radius 1 is 1.02 bits per heavy atom. The van der Waals surface area contributed by atoms with E-state index in [0.29, 0.717) is 21.2 Å². The maximum atomic E-state index is 12.9. The van der Waals surface area contributed by atoms with E-state index in [0.717, 1.165) is 0 Å². The highest BCUT2D eigenvalue weighted by atomic mass is 35.5. The first-order chi connectivity index (χ1) is 21.8. The van der Waals surface area contributed by atoms with Crippen LogP contribution in [0.15, 0.2) is 52.2 Å². The number of benzene rings is 2. The van der Waals surface area contributed by atoms with Gasteiger partial charge in [-0.2, -0.15) is 10.2 Å². The highest BCUT2D eigenvalue weighted by Gasteiger charge is 2.53. The molecule has 5 rings (SSSR count). The van der Waals surface area contributed by atoms with Crippen molar-refractivity contribution in [3.63, 3.8) is 0 Å². The Hall–Kier alpha value is -2.89. The van der Waals surface area contributed by atoms with Crippen molar-refractivity contribution in [3.8, 4) is 11.5 Å². The zero-order valence-electron chi connectivity index (χ0n) is 24.7. The molecule has 1 unspecified atom stereocenters. The summed E-state index contributed by atoms with van der Waals surface area (Å²) in [5.74, 6) is -1.04. The Morgan fingerprint density at radius 3 is 2.43 bits per heavy atom. The van der Waals surface area contributed by atoms with Gasteiger partial charge in [0.1, 0.15) is 55.6 Å². The minimum Gasteiger partial charge on any atom is -0.504 e. The van der Waals surface area contributed by atoms with Gasteiger partial charge in [0.05, 0.1) is 18.6 Å². The minimum absolute atomic E-state index is 0.0569. The van der Waals surface area contributed by atoms with Crippen LogP contribution in [0.1, 0.15) is 25.0 Å². The van der Waals surface area contributed by atoms with Gasteiger partial charge in [-0.05, 0) is 55.3 Å². The molecular formula is C30H35Cl2N3O11. The first-order valence-corrected chi connectivity index (χ1v) is 15.2. The molecule has 250 valence electrons. The summed E-state index contributed by atoms with van der Waals surface area (Å²) in [6, 6.07) is 7.34. The number of azo groups is 1. The molecule has 3 aliphatic rings. The SMILES string of the molecule is CC(=Cc1ccc(O[C@@H]2O[C@H](C(C)N=NCc3ccc(Cl)cc3Cl)[C@@H](O)[C@@H]2O)c(O)c1)C(=O)N[C@@H]1[C@H](O)[C@@H](O)[C@H]2OCO[C@H]2[C@@H]1O. The number of carbonyl (C=O) groups excluding carboxylic acids is 1. The summed E-state index contributed by atoms with van der Waals surface area (Å²) in [4.78, 5) is 12.9. The summed E-state index contributed by atoms with van der Waals surface area (Å²) in [5, 5.41) is 74.9. The van der Waals surface area contributed by atoms with Gasteiger partial charge in [0.15, 0.2) is 11.5 Å². The fraction of sp³-hybridized carbons (Fsp3) is 0.500. The molecule has 7 N–H and O–H groups in total. The van der Waals surface area contributed by atoms with E-state index in [1.54, 1.807) is 25.1 Å². The number of aliphatic hydroxyl groups excluding tert-OH is 5. The van der Waals surface area contributed by atoms with Gasteiger partial charge in [-0.25, -0.2) is 0 Å². The van der Waals surface area contributed by atoms with Crippen LogP contribution in [0.3, 0.4) is 0 Å². The molecule has 1 saturated carbocycles. The number of phenolic OH excluding ortho intramolecular Hbond substituents is 1. The number of halogens is 2. The number of carbonyl (C=O) groups is 1. The average molecular weight is 685 g/mol. The van der Waals surface area contributed by atoms with Crippen molar-refractivity contribution in [2.24, 2.45) is 10.2 Å². The Balaban J connectivity index is 1.18. The molecule has 14 nitrogen and oxygen atoms in total. The van der Waals surface area contributed by atoms with Crippen LogP contribution < -0.4 is 10.1 Å². The van der Waals surface area contributed by atoms with Gasteiger partial charge in [0.2, 0.25) is 12.2 Å². The maximum Gasteiger partial charge on any atom is 0.247 e. The number of hydrogen-bond acceptors (Lipinski definition) is 13. The topological polar surface area (TPSA) is 212 Å². The predicted molar refractivity (Wildman–Crippen MR) is 162 cm³/mol. The van der Waals surface area contributed by atoms with Gasteiger partial charge >= 0.3 is 0 Å². The Bertz CT molecular complexity index is 1480. The van der Waals surface area contributed by atoms with Gasteiger partial charge in [0, 0.05) is 15.6 Å². The standard InChI is InChI=1S/C30H35Cl2N3O11/c1-12(29(42)34-20-21(37)23(39)28-27(22(20)38)43-11-44-28)7-14-3-6-19(18(36)8-14)45-30-25(41)24(40)26(46-30)13(2)35-33-10-15-4-5-16(31)9-17(15)32/h3-9,13,20-28,30,36-41H,10-11H2,1-2H3,(H,34,42)/t13?,20-,21+,22-,23-,24+,25+,26-,27+,28-,30-/m1/s1. The zero-order chi connectivity index (χ0) is 33.3. The van der Waals surface area contributed by atoms with Gasteiger partial charge in [-0.15, -0.1) is 0 Å². The van der Waals surface area contributed by atoms with E-state index >= 15 is 0 Å². The van der Waals surface area contributed by atoms with Crippen LogP contribution in [0.4, 0.5) is 0 Å². The quantitative estimate of drug-likeness (QED) is 0.148. The molecular weight excluding hydrogens is 649 g/mol. The number of aliphatic hydroxyl groups is 5. The molecule has 2 aliphatic heterocycles. The summed E-state index contributed by atoms with van der Waals surface area (Å²) < 4.78 is 21.9. The Kier molecular flexibility index (Phi) is 10.8. The van der Waals surface area contributed by atoms with Crippen LogP contribution in [0.2, 0.25) is 10.0 Å². The zero-order valence-corrected chi connectivity index (χ0v) is 26.2. The summed E-state index contributed by atoms with van der Waals surface area (Å²) in [6.45, 7) is 3.15. The van der Waals surface area contributed by atoms with Crippen LogP contribution in [-0.2, 0) is 25.5 Å². The number of aromatic hydroxyl groups is 1. The van der Waals surface area contributed by atoms with E-state index in [4.69, 9.17) is 42.1 Å². The molecule has 2 aromatic carbocycles. The molecule has 11 atom stereocenters. The number of rotatable bonds is 9. The van der Waals surface area contributed by atoms with E-state index in [2.05, 4.69) is 15.5 Å². The molecule has 2 saturated heterocycles. The predicted octanol–water partition coefficient (Wildman–Crippen LogP) is 1.29. The third kappa shape index (κ3) is 7.31. The molecule has 16 heteroatoms. The number of phenols is 1. The van der Waals surface area contributed by atoms with Crippen molar-refractivity contribution < 1.29 is 54.4 Å². The minimum atomic E-state index is -1.50. The number of amides is 1. The maximum absolute atomic E-state index is 12.9. The van der Waals surface area contributed by atoms with Crippen molar-refractivity contribution >= 4 is 35.2 Å². The third-order valence-corrected chi connectivity index (χ3v) is 8.71. The smallest absolute Gasteiger partial charge is 0.247 e. The fourth-order valence-electron chi connectivity index (χ4n) is 5.51. The molecule has 3 fully saturated rings. The lowest BCUT2D eigenvalue weighted by molar-refractivity contribution is -0.155. The molecule has 46 heavy (non-hydrogen) atoms. The van der Waals surface area contributed by atoms with E-state index < -0.39 is 73.1 Å². The van der Waals surface area contributed by atoms with Gasteiger partial charge in [-0.3, -0.25) is 4.79 Å². The number of ether oxygens (including phenoxy) is 4. The molecule has 1 aliphatic carbocycles. The molecule has 1 amide bonds. The Morgan fingerprint density at radius 2 is 1.74 bits per heavy atom. The average Bonchev–Trinajstić information content (AvgIpc) is 3.62. The lowest BCUT2D eigenvalue weighted by atomic mass is 9.83. The molecule has 0 spiro atoms. The molecule has 0 radical (unpaired) electrons. The van der Waals surface area contributed by atoms with E-state index in [1.165, 1.54) is 31.2 Å². The van der Waals surface area contributed by atoms with Crippen molar-refractivity contribution in [2.75, 3.05) is 6.79 Å². The number of fused-ring (bicyclic) bond motifs is 1. The van der Waals surface area contributed by atoms with Crippen LogP contribution in [0.25, 0.3) is 6.08 Å². The van der Waals surface area contributed by atoms with E-state index in [9.17, 15) is 35.4 Å². The third-order valence-electron chi connectivity index (χ3n) is 8.12. The van der Waals surface area contributed by atoms with Crippen molar-refractivity contribution in [3.05, 3.63) is 63.1 Å². The van der Waals surface area contributed by atoms with E-state index in [-0.39, 0.29) is 30.4 Å². The summed E-state index contributed by atoms with van der Waals surface area (Å²) >= 11 is 12.1. The van der Waals surface area contributed by atoms with Crippen LogP contribution in [0, 0.1) is 0 Å². The largest absolute Gasteiger partial charge is 0.504 e. The van der Waals surface area contributed by atoms with Gasteiger partial charge in [-0.1, -0.05) is 35.3 Å². The van der Waals surface area contributed by atoms with Gasteiger partial charge in [0.25, 0.3) is 0 Å². The van der Waals surface area contributed by atoms with Crippen LogP contribution in [-0.4, -0.2) is 111 Å². The van der Waals surface area contributed by atoms with E-state index in [1.807, 2.05) is 0 Å². The number of hydrogen-bond donors (Lipinski definition) is 7. The fourth-order valence-corrected chi connectivity index (χ4v) is 5.98. The number of nitrogens with one attached hydrogen (secondary N) is 1. The molecule has 2 heterocycles. The van der Waals surface area contributed by atoms with Crippen molar-refractivity contribution in [1.82, 2.24) is 5.32 Å². The second kappa shape index (κ2) is 14.5. The summed E-state index contributed by atoms with van der Waals surface area (Å²) in [5.41, 5.74) is 1.26. The van der Waals surface area contributed by atoms with Crippen molar-refractivity contribution in [2.45, 2.75) is 87.6 Å². The second-order valence-corrected chi connectivity index (χ2v) is 12.2. The first kappa shape index (κ1) is 34.4. The van der Waals surface area contributed by atoms with Crippen LogP contribution in [0.5, 0.6) is 11.5 Å². The Labute approximate surface area is 273 Å². The normalized spacial score (nSPS) is 33.6. The summed E-state index contributed by atoms with van der Waals surface area (Å²) in [6.07, 6.45) is -9.69. The summed E-state index contributed by atoms with van der Waals surface area (Å²) in [7, 11) is 0. The van der Waals surface area contributed by atoms with Crippen molar-refractivity contribution in [1.29, 1.82) is 0 Å². The van der Waals surface area contributed by atoms with Gasteiger partial charge < -0.3 is 54.9 Å². The van der Waals surface area contributed by atoms with Crippen LogP contribution >= 0.6 is 23.2 Å². The highest BCUT2D eigenvalue weighted by molar-refractivity contribution is 6.35. The number of nitrogens with zero attached hydrogens (tertiary/aromatic N) is 2. The highest BCUT2D eigenvalue weighted by Crippen LogP contribution is 2.34. The lowest BCUT2D eigenvalue weighted by Gasteiger charge is -2.41. The molecule has 0 bridgehead atoms. The molecule has 2 aromatic rings. The second-order valence-electron chi connectivity index (χ2n) is 11.4. The molecule has 0 aromatic heterocycles. The lowest BCUT2D eigenvalue weighted by Crippen LogP contribution is -2.67. The monoisotopic (exact) mass is 683 g/mol.